The summed E-state index contributed by atoms with van der Waals surface area (Å²) in [4.78, 5) is 14.0. The van der Waals surface area contributed by atoms with Crippen molar-refractivity contribution in [2.75, 3.05) is 0 Å². The van der Waals surface area contributed by atoms with Crippen LogP contribution in [0.4, 0.5) is 0 Å². The van der Waals surface area contributed by atoms with Gasteiger partial charge >= 0.3 is 0 Å². The van der Waals surface area contributed by atoms with Crippen LogP contribution in [-0.2, 0) is 0 Å². The minimum atomic E-state index is 0.0634. The lowest BCUT2D eigenvalue weighted by Crippen LogP contribution is -2.04. The Morgan fingerprint density at radius 2 is 1.94 bits per heavy atom. The normalized spacial score (nSPS) is 10.9. The quantitative estimate of drug-likeness (QED) is 0.538. The highest BCUT2D eigenvalue weighted by atomic mass is 127. The average molecular weight is 370 g/mol. The largest absolute Gasteiger partial charge is 0.293 e. The van der Waals surface area contributed by atoms with Gasteiger partial charge in [-0.3, -0.25) is 4.79 Å². The van der Waals surface area contributed by atoms with Gasteiger partial charge in [0.05, 0.1) is 4.88 Å². The second-order valence-electron chi connectivity index (χ2n) is 4.60. The van der Waals surface area contributed by atoms with Crippen molar-refractivity contribution in [3.05, 3.63) is 44.3 Å². The SMILES string of the molecule is Cc1c(I)cccc1-c1ccc(C(=O)C(C)C)s1. The zero-order valence-corrected chi connectivity index (χ0v) is 13.6. The van der Waals surface area contributed by atoms with E-state index in [9.17, 15) is 4.79 Å². The molecule has 0 unspecified atom stereocenters. The molecule has 0 aliphatic heterocycles. The van der Waals surface area contributed by atoms with E-state index in [2.05, 4.69) is 53.8 Å². The number of halogens is 1. The van der Waals surface area contributed by atoms with Gasteiger partial charge in [-0.05, 0) is 58.8 Å². The standard InChI is InChI=1S/C15H15IOS/c1-9(2)15(17)14-8-7-13(18-14)11-5-4-6-12(16)10(11)3/h4-9H,1-3H3. The highest BCUT2D eigenvalue weighted by Gasteiger charge is 2.14. The predicted molar refractivity (Wildman–Crippen MR) is 86.4 cm³/mol. The molecule has 0 bridgehead atoms. The molecule has 0 fully saturated rings. The summed E-state index contributed by atoms with van der Waals surface area (Å²) in [6, 6.07) is 10.3. The molecular formula is C15H15IOS. The molecule has 18 heavy (non-hydrogen) atoms. The summed E-state index contributed by atoms with van der Waals surface area (Å²) in [6.45, 7) is 6.01. The number of thiophene rings is 1. The molecule has 1 aromatic heterocycles. The first-order valence-corrected chi connectivity index (χ1v) is 7.79. The first-order valence-electron chi connectivity index (χ1n) is 5.90. The fourth-order valence-electron chi connectivity index (χ4n) is 1.77. The fraction of sp³-hybridized carbons (Fsp3) is 0.267. The van der Waals surface area contributed by atoms with Gasteiger partial charge in [0.1, 0.15) is 0 Å². The Kier molecular flexibility index (Phi) is 4.22. The van der Waals surface area contributed by atoms with Gasteiger partial charge in [-0.15, -0.1) is 11.3 Å². The molecule has 1 aromatic carbocycles. The lowest BCUT2D eigenvalue weighted by Gasteiger charge is -2.05. The molecule has 1 nitrogen and oxygen atoms in total. The third-order valence-corrected chi connectivity index (χ3v) is 5.21. The number of benzene rings is 1. The van der Waals surface area contributed by atoms with Gasteiger partial charge in [-0.1, -0.05) is 26.0 Å². The van der Waals surface area contributed by atoms with E-state index in [1.54, 1.807) is 11.3 Å². The summed E-state index contributed by atoms with van der Waals surface area (Å²) in [5, 5.41) is 0. The summed E-state index contributed by atoms with van der Waals surface area (Å²) in [5.41, 5.74) is 2.51. The molecule has 1 heterocycles. The number of carbonyl (C=O) groups is 1. The Morgan fingerprint density at radius 3 is 2.61 bits per heavy atom. The molecule has 2 rings (SSSR count). The maximum Gasteiger partial charge on any atom is 0.175 e. The van der Waals surface area contributed by atoms with Crippen LogP contribution < -0.4 is 0 Å². The lowest BCUT2D eigenvalue weighted by molar-refractivity contribution is 0.0943. The van der Waals surface area contributed by atoms with Gasteiger partial charge < -0.3 is 0 Å². The minimum Gasteiger partial charge on any atom is -0.293 e. The van der Waals surface area contributed by atoms with E-state index in [0.717, 1.165) is 4.88 Å². The number of Topliss-reactive ketones (excluding diaryl/α,β-unsaturated/α-hetero) is 1. The summed E-state index contributed by atoms with van der Waals surface area (Å²) < 4.78 is 1.26. The van der Waals surface area contributed by atoms with E-state index in [4.69, 9.17) is 0 Å². The summed E-state index contributed by atoms with van der Waals surface area (Å²) in [6.07, 6.45) is 0. The molecular weight excluding hydrogens is 355 g/mol. The molecule has 94 valence electrons. The minimum absolute atomic E-state index is 0.0634. The van der Waals surface area contributed by atoms with Gasteiger partial charge in [0.15, 0.2) is 5.78 Å². The molecule has 0 aliphatic carbocycles. The Hall–Kier alpha value is -0.680. The smallest absolute Gasteiger partial charge is 0.175 e. The van der Waals surface area contributed by atoms with Crippen molar-refractivity contribution < 1.29 is 4.79 Å². The van der Waals surface area contributed by atoms with E-state index in [1.807, 2.05) is 19.9 Å². The van der Waals surface area contributed by atoms with Gasteiger partial charge in [-0.25, -0.2) is 0 Å². The average Bonchev–Trinajstić information content (AvgIpc) is 2.80. The van der Waals surface area contributed by atoms with E-state index >= 15 is 0 Å². The number of hydrogen-bond acceptors (Lipinski definition) is 2. The van der Waals surface area contributed by atoms with Crippen LogP contribution in [0.15, 0.2) is 30.3 Å². The maximum absolute atomic E-state index is 11.9. The van der Waals surface area contributed by atoms with E-state index in [1.165, 1.54) is 19.6 Å². The second kappa shape index (κ2) is 5.53. The Labute approximate surface area is 125 Å². The molecule has 0 radical (unpaired) electrons. The highest BCUT2D eigenvalue weighted by Crippen LogP contribution is 2.33. The molecule has 0 aliphatic rings. The zero-order valence-electron chi connectivity index (χ0n) is 10.7. The van der Waals surface area contributed by atoms with Crippen LogP contribution in [0.5, 0.6) is 0 Å². The lowest BCUT2D eigenvalue weighted by atomic mass is 10.1. The van der Waals surface area contributed by atoms with Crippen molar-refractivity contribution in [3.8, 4) is 10.4 Å². The number of hydrogen-bond donors (Lipinski definition) is 0. The summed E-state index contributed by atoms with van der Waals surface area (Å²) >= 11 is 3.94. The van der Waals surface area contributed by atoms with Crippen molar-refractivity contribution in [3.63, 3.8) is 0 Å². The van der Waals surface area contributed by atoms with E-state index in [0.29, 0.717) is 0 Å². The Bertz CT molecular complexity index is 584. The third-order valence-electron chi connectivity index (χ3n) is 2.91. The Morgan fingerprint density at radius 1 is 1.22 bits per heavy atom. The Balaban J connectivity index is 2.41. The van der Waals surface area contributed by atoms with E-state index in [-0.39, 0.29) is 11.7 Å². The van der Waals surface area contributed by atoms with Gasteiger partial charge in [0.2, 0.25) is 0 Å². The molecule has 0 atom stereocenters. The number of rotatable bonds is 3. The molecule has 0 saturated carbocycles. The van der Waals surface area contributed by atoms with Crippen LogP contribution in [0.2, 0.25) is 0 Å². The van der Waals surface area contributed by atoms with Crippen LogP contribution in [0.25, 0.3) is 10.4 Å². The monoisotopic (exact) mass is 370 g/mol. The maximum atomic E-state index is 11.9. The van der Waals surface area contributed by atoms with Crippen molar-refractivity contribution in [1.82, 2.24) is 0 Å². The van der Waals surface area contributed by atoms with Crippen LogP contribution in [0, 0.1) is 16.4 Å². The van der Waals surface area contributed by atoms with Crippen LogP contribution >= 0.6 is 33.9 Å². The van der Waals surface area contributed by atoms with Gasteiger partial charge in [0.25, 0.3) is 0 Å². The first-order chi connectivity index (χ1) is 8.50. The van der Waals surface area contributed by atoms with Crippen molar-refractivity contribution in [1.29, 1.82) is 0 Å². The number of ketones is 1. The molecule has 0 N–H and O–H groups in total. The van der Waals surface area contributed by atoms with Crippen molar-refractivity contribution >= 4 is 39.7 Å². The second-order valence-corrected chi connectivity index (χ2v) is 6.84. The molecule has 0 amide bonds. The predicted octanol–water partition coefficient (Wildman–Crippen LogP) is 5.17. The topological polar surface area (TPSA) is 17.1 Å². The van der Waals surface area contributed by atoms with Crippen LogP contribution in [0.1, 0.15) is 29.1 Å². The van der Waals surface area contributed by atoms with Crippen molar-refractivity contribution in [2.45, 2.75) is 20.8 Å². The first kappa shape index (κ1) is 13.7. The van der Waals surface area contributed by atoms with E-state index < -0.39 is 0 Å². The van der Waals surface area contributed by atoms with Gasteiger partial charge in [0, 0.05) is 14.4 Å². The third kappa shape index (κ3) is 2.67. The number of carbonyl (C=O) groups excluding carboxylic acids is 1. The van der Waals surface area contributed by atoms with Crippen molar-refractivity contribution in [2.24, 2.45) is 5.92 Å². The molecule has 0 saturated heterocycles. The van der Waals surface area contributed by atoms with Crippen LogP contribution in [-0.4, -0.2) is 5.78 Å². The molecule has 0 spiro atoms. The zero-order chi connectivity index (χ0) is 13.3. The fourth-order valence-corrected chi connectivity index (χ4v) is 3.45. The van der Waals surface area contributed by atoms with Crippen LogP contribution in [0.3, 0.4) is 0 Å². The highest BCUT2D eigenvalue weighted by molar-refractivity contribution is 14.1. The van der Waals surface area contributed by atoms with Gasteiger partial charge in [-0.2, -0.15) is 0 Å². The summed E-state index contributed by atoms with van der Waals surface area (Å²) in [5.74, 6) is 0.294. The molecule has 2 aromatic rings. The molecule has 3 heteroatoms. The summed E-state index contributed by atoms with van der Waals surface area (Å²) in [7, 11) is 0.